The van der Waals surface area contributed by atoms with Gasteiger partial charge in [0.2, 0.25) is 0 Å². The second-order valence-electron chi connectivity index (χ2n) is 6.52. The van der Waals surface area contributed by atoms with Crippen LogP contribution < -0.4 is 0 Å². The highest BCUT2D eigenvalue weighted by Crippen LogP contribution is 2.30. The predicted octanol–water partition coefficient (Wildman–Crippen LogP) is 5.55. The summed E-state index contributed by atoms with van der Waals surface area (Å²) in [6, 6.07) is 15.0. The Bertz CT molecular complexity index is 655. The van der Waals surface area contributed by atoms with Crippen LogP contribution in [0.2, 0.25) is 0 Å². The lowest BCUT2D eigenvalue weighted by Gasteiger charge is -2.30. The number of aryl methyl sites for hydroxylation is 1. The summed E-state index contributed by atoms with van der Waals surface area (Å²) in [7, 11) is 0. The van der Waals surface area contributed by atoms with Crippen molar-refractivity contribution in [1.29, 1.82) is 0 Å². The molecule has 2 nitrogen and oxygen atoms in total. The Hall–Kier alpha value is -1.97. The fraction of sp³-hybridized carbons (Fsp3) is 0.364. The zero-order valence-electron chi connectivity index (χ0n) is 14.5. The maximum absolute atomic E-state index is 13.0. The van der Waals surface area contributed by atoms with Crippen molar-refractivity contribution in [2.75, 3.05) is 13.2 Å². The number of ether oxygens (including phenoxy) is 2. The Labute approximate surface area is 149 Å². The van der Waals surface area contributed by atoms with Crippen LogP contribution in [-0.2, 0) is 15.9 Å². The second kappa shape index (κ2) is 8.93. The Kier molecular flexibility index (Phi) is 6.37. The summed E-state index contributed by atoms with van der Waals surface area (Å²) in [4.78, 5) is 0. The molecule has 132 valence electrons. The van der Waals surface area contributed by atoms with Crippen LogP contribution in [0, 0.1) is 5.82 Å². The summed E-state index contributed by atoms with van der Waals surface area (Å²) < 4.78 is 24.8. The third-order valence-electron chi connectivity index (χ3n) is 4.61. The molecule has 1 aliphatic heterocycles. The Balaban J connectivity index is 1.50. The molecule has 2 aromatic carbocycles. The summed E-state index contributed by atoms with van der Waals surface area (Å²) in [6.45, 7) is 4.92. The minimum Gasteiger partial charge on any atom is -0.348 e. The molecule has 0 N–H and O–H groups in total. The molecule has 3 heteroatoms. The number of hydrogen-bond donors (Lipinski definition) is 0. The van der Waals surface area contributed by atoms with Crippen LogP contribution in [0.5, 0.6) is 0 Å². The van der Waals surface area contributed by atoms with Crippen molar-refractivity contribution in [3.63, 3.8) is 0 Å². The first-order chi connectivity index (χ1) is 12.3. The molecule has 0 unspecified atom stereocenters. The molecule has 2 aromatic rings. The Morgan fingerprint density at radius 3 is 2.20 bits per heavy atom. The highest BCUT2D eigenvalue weighted by atomic mass is 19.1. The predicted molar refractivity (Wildman–Crippen MR) is 98.0 cm³/mol. The molecule has 0 aliphatic carbocycles. The summed E-state index contributed by atoms with van der Waals surface area (Å²) in [5.41, 5.74) is 3.44. The van der Waals surface area contributed by atoms with Gasteiger partial charge in [0.1, 0.15) is 5.82 Å². The lowest BCUT2D eigenvalue weighted by molar-refractivity contribution is -0.191. The molecular weight excluding hydrogens is 315 g/mol. The van der Waals surface area contributed by atoms with E-state index in [0.717, 1.165) is 24.0 Å². The van der Waals surface area contributed by atoms with Gasteiger partial charge in [-0.25, -0.2) is 4.39 Å². The van der Waals surface area contributed by atoms with Gasteiger partial charge in [-0.15, -0.1) is 6.58 Å². The van der Waals surface area contributed by atoms with Crippen LogP contribution in [0.15, 0.2) is 61.2 Å². The molecule has 3 rings (SSSR count). The van der Waals surface area contributed by atoms with E-state index in [9.17, 15) is 4.39 Å². The minimum absolute atomic E-state index is 0.154. The van der Waals surface area contributed by atoms with E-state index in [2.05, 4.69) is 30.8 Å². The lowest BCUT2D eigenvalue weighted by Crippen LogP contribution is -2.25. The van der Waals surface area contributed by atoms with Gasteiger partial charge in [0.15, 0.2) is 6.29 Å². The van der Waals surface area contributed by atoms with E-state index in [-0.39, 0.29) is 18.0 Å². The SMILES string of the molecule is C=CCCCCc1ccc(C2OCC(c3ccc(F)cc3)CO2)cc1. The van der Waals surface area contributed by atoms with Crippen LogP contribution in [0.25, 0.3) is 0 Å². The Morgan fingerprint density at radius 2 is 1.56 bits per heavy atom. The molecule has 1 fully saturated rings. The van der Waals surface area contributed by atoms with Crippen molar-refractivity contribution in [3.05, 3.63) is 83.7 Å². The first-order valence-corrected chi connectivity index (χ1v) is 8.94. The standard InChI is InChI=1S/C22H25FO2/c1-2-3-4-5-6-17-7-9-19(10-8-17)22-24-15-20(16-25-22)18-11-13-21(23)14-12-18/h2,7-14,20,22H,1,3-6,15-16H2. The first kappa shape index (κ1) is 17.8. The topological polar surface area (TPSA) is 18.5 Å². The number of halogens is 1. The molecule has 0 atom stereocenters. The maximum atomic E-state index is 13.0. The van der Waals surface area contributed by atoms with Gasteiger partial charge in [-0.3, -0.25) is 0 Å². The van der Waals surface area contributed by atoms with Crippen LogP contribution in [0.1, 0.15) is 48.2 Å². The monoisotopic (exact) mass is 340 g/mol. The van der Waals surface area contributed by atoms with Gasteiger partial charge < -0.3 is 9.47 Å². The second-order valence-corrected chi connectivity index (χ2v) is 6.52. The lowest BCUT2D eigenvalue weighted by atomic mass is 10.00. The van der Waals surface area contributed by atoms with E-state index in [4.69, 9.17) is 9.47 Å². The highest BCUT2D eigenvalue weighted by Gasteiger charge is 2.24. The van der Waals surface area contributed by atoms with E-state index < -0.39 is 0 Å². The van der Waals surface area contributed by atoms with Gasteiger partial charge in [-0.1, -0.05) is 42.5 Å². The smallest absolute Gasteiger partial charge is 0.183 e. The minimum atomic E-state index is -0.313. The highest BCUT2D eigenvalue weighted by molar-refractivity contribution is 5.25. The molecule has 0 amide bonds. The first-order valence-electron chi connectivity index (χ1n) is 8.94. The van der Waals surface area contributed by atoms with Gasteiger partial charge in [-0.05, 0) is 48.9 Å². The van der Waals surface area contributed by atoms with Crippen LogP contribution in [0.3, 0.4) is 0 Å². The zero-order valence-corrected chi connectivity index (χ0v) is 14.5. The van der Waals surface area contributed by atoms with Crippen molar-refractivity contribution >= 4 is 0 Å². The van der Waals surface area contributed by atoms with Gasteiger partial charge in [-0.2, -0.15) is 0 Å². The van der Waals surface area contributed by atoms with Crippen LogP contribution in [-0.4, -0.2) is 13.2 Å². The van der Waals surface area contributed by atoms with Crippen molar-refractivity contribution in [1.82, 2.24) is 0 Å². The zero-order chi connectivity index (χ0) is 17.5. The molecular formula is C22H25FO2. The van der Waals surface area contributed by atoms with Gasteiger partial charge in [0.25, 0.3) is 0 Å². The van der Waals surface area contributed by atoms with Crippen LogP contribution in [0.4, 0.5) is 4.39 Å². The fourth-order valence-electron chi connectivity index (χ4n) is 3.08. The third-order valence-corrected chi connectivity index (χ3v) is 4.61. The third kappa shape index (κ3) is 5.00. The fourth-order valence-corrected chi connectivity index (χ4v) is 3.08. The molecule has 1 saturated heterocycles. The molecule has 0 bridgehead atoms. The van der Waals surface area contributed by atoms with Gasteiger partial charge in [0.05, 0.1) is 13.2 Å². The molecule has 0 spiro atoms. The van der Waals surface area contributed by atoms with E-state index in [0.29, 0.717) is 13.2 Å². The average molecular weight is 340 g/mol. The van der Waals surface area contributed by atoms with Crippen molar-refractivity contribution in [2.24, 2.45) is 0 Å². The van der Waals surface area contributed by atoms with E-state index in [1.807, 2.05) is 6.08 Å². The molecule has 25 heavy (non-hydrogen) atoms. The average Bonchev–Trinajstić information content (AvgIpc) is 2.67. The number of unbranched alkanes of at least 4 members (excludes halogenated alkanes) is 2. The van der Waals surface area contributed by atoms with Crippen molar-refractivity contribution in [2.45, 2.75) is 37.9 Å². The van der Waals surface area contributed by atoms with E-state index >= 15 is 0 Å². The number of rotatable bonds is 7. The summed E-state index contributed by atoms with van der Waals surface area (Å²) >= 11 is 0. The summed E-state index contributed by atoms with van der Waals surface area (Å²) in [5.74, 6) is -0.0650. The maximum Gasteiger partial charge on any atom is 0.183 e. The summed E-state index contributed by atoms with van der Waals surface area (Å²) in [6.07, 6.45) is 6.20. The number of hydrogen-bond acceptors (Lipinski definition) is 2. The molecule has 0 saturated carbocycles. The number of allylic oxidation sites excluding steroid dienone is 1. The molecule has 0 aromatic heterocycles. The number of benzene rings is 2. The van der Waals surface area contributed by atoms with Crippen molar-refractivity contribution in [3.8, 4) is 0 Å². The van der Waals surface area contributed by atoms with Crippen LogP contribution >= 0.6 is 0 Å². The van der Waals surface area contributed by atoms with E-state index in [1.54, 1.807) is 12.1 Å². The normalized spacial score (nSPS) is 20.4. The quantitative estimate of drug-likeness (QED) is 0.486. The molecule has 0 radical (unpaired) electrons. The summed E-state index contributed by atoms with van der Waals surface area (Å²) in [5, 5.41) is 0. The van der Waals surface area contributed by atoms with Gasteiger partial charge >= 0.3 is 0 Å². The molecule has 1 aliphatic rings. The van der Waals surface area contributed by atoms with Gasteiger partial charge in [0, 0.05) is 11.5 Å². The Morgan fingerprint density at radius 1 is 0.920 bits per heavy atom. The largest absolute Gasteiger partial charge is 0.348 e. The van der Waals surface area contributed by atoms with E-state index in [1.165, 1.54) is 30.5 Å². The van der Waals surface area contributed by atoms with Crippen molar-refractivity contribution < 1.29 is 13.9 Å². The molecule has 1 heterocycles.